The molecular formula is C21H23N3OS. The van der Waals surface area contributed by atoms with Gasteiger partial charge in [0.05, 0.1) is 11.8 Å². The number of hydrogen-bond acceptors (Lipinski definition) is 3. The minimum absolute atomic E-state index is 0.00123. The van der Waals surface area contributed by atoms with Gasteiger partial charge in [-0.15, -0.1) is 0 Å². The maximum atomic E-state index is 12.3. The number of aromatic nitrogens is 2. The normalized spacial score (nSPS) is 12.0. The molecule has 1 atom stereocenters. The quantitative estimate of drug-likeness (QED) is 0.656. The molecule has 3 aromatic rings. The number of nitrogens with zero attached hydrogens (tertiary/aromatic N) is 2. The number of nitrogens with one attached hydrogen (secondary N) is 1. The van der Waals surface area contributed by atoms with Gasteiger partial charge in [-0.1, -0.05) is 48.2 Å². The lowest BCUT2D eigenvalue weighted by atomic mass is 10.1. The van der Waals surface area contributed by atoms with Gasteiger partial charge in [0.15, 0.2) is 5.16 Å². The molecule has 0 spiro atoms. The summed E-state index contributed by atoms with van der Waals surface area (Å²) in [5.74, 6) is 0.334. The minimum Gasteiger partial charge on any atom is -0.349 e. The van der Waals surface area contributed by atoms with Crippen molar-refractivity contribution < 1.29 is 4.79 Å². The number of imidazole rings is 1. The van der Waals surface area contributed by atoms with Gasteiger partial charge in [-0.3, -0.25) is 9.36 Å². The molecule has 0 fully saturated rings. The van der Waals surface area contributed by atoms with E-state index < -0.39 is 0 Å². The Labute approximate surface area is 158 Å². The van der Waals surface area contributed by atoms with Gasteiger partial charge < -0.3 is 5.32 Å². The van der Waals surface area contributed by atoms with E-state index in [0.717, 1.165) is 16.4 Å². The zero-order valence-corrected chi connectivity index (χ0v) is 16.1. The van der Waals surface area contributed by atoms with E-state index in [0.29, 0.717) is 5.75 Å². The summed E-state index contributed by atoms with van der Waals surface area (Å²) in [4.78, 5) is 16.7. The second-order valence-electron chi connectivity index (χ2n) is 6.41. The highest BCUT2D eigenvalue weighted by Gasteiger charge is 2.12. The van der Waals surface area contributed by atoms with Crippen LogP contribution in [0.15, 0.2) is 66.1 Å². The molecule has 0 aliphatic rings. The molecule has 1 N–H and O–H groups in total. The van der Waals surface area contributed by atoms with Gasteiger partial charge in [0.2, 0.25) is 5.91 Å². The molecule has 2 aromatic carbocycles. The Morgan fingerprint density at radius 2 is 1.85 bits per heavy atom. The summed E-state index contributed by atoms with van der Waals surface area (Å²) in [6.07, 6.45) is 3.70. The molecule has 0 saturated carbocycles. The molecule has 0 aliphatic heterocycles. The Morgan fingerprint density at radius 1 is 1.15 bits per heavy atom. The predicted octanol–water partition coefficient (Wildman–Crippen LogP) is 4.46. The molecule has 0 radical (unpaired) electrons. The first kappa shape index (κ1) is 18.3. The average Bonchev–Trinajstić information content (AvgIpc) is 3.08. The van der Waals surface area contributed by atoms with Crippen molar-refractivity contribution in [2.45, 2.75) is 32.0 Å². The standard InChI is InChI=1S/C21H23N3OS/c1-15-11-16(2)13-19(12-15)24-10-9-22-21(24)26-14-20(25)23-17(3)18-7-5-4-6-8-18/h4-13,17H,14H2,1-3H3,(H,23,25). The monoisotopic (exact) mass is 365 g/mol. The Hall–Kier alpha value is -2.53. The summed E-state index contributed by atoms with van der Waals surface area (Å²) in [6.45, 7) is 6.16. The summed E-state index contributed by atoms with van der Waals surface area (Å²) < 4.78 is 2.03. The van der Waals surface area contributed by atoms with Crippen molar-refractivity contribution in [1.29, 1.82) is 0 Å². The van der Waals surface area contributed by atoms with E-state index in [1.165, 1.54) is 22.9 Å². The number of carbonyl (C=O) groups excluding carboxylic acids is 1. The lowest BCUT2D eigenvalue weighted by molar-refractivity contribution is -0.119. The molecule has 0 saturated heterocycles. The molecule has 1 amide bonds. The van der Waals surface area contributed by atoms with Crippen LogP contribution in [-0.2, 0) is 4.79 Å². The third-order valence-electron chi connectivity index (χ3n) is 4.10. The van der Waals surface area contributed by atoms with E-state index in [-0.39, 0.29) is 11.9 Å². The largest absolute Gasteiger partial charge is 0.349 e. The summed E-state index contributed by atoms with van der Waals surface area (Å²) in [6, 6.07) is 16.3. The van der Waals surface area contributed by atoms with Crippen molar-refractivity contribution >= 4 is 17.7 Å². The van der Waals surface area contributed by atoms with E-state index in [4.69, 9.17) is 0 Å². The molecule has 0 aliphatic carbocycles. The first-order chi connectivity index (χ1) is 12.5. The van der Waals surface area contributed by atoms with Crippen LogP contribution in [-0.4, -0.2) is 21.2 Å². The van der Waals surface area contributed by atoms with Crippen molar-refractivity contribution in [2.24, 2.45) is 0 Å². The van der Waals surface area contributed by atoms with Crippen molar-refractivity contribution in [3.8, 4) is 5.69 Å². The van der Waals surface area contributed by atoms with Gasteiger partial charge >= 0.3 is 0 Å². The average molecular weight is 366 g/mol. The molecule has 1 aromatic heterocycles. The smallest absolute Gasteiger partial charge is 0.230 e. The SMILES string of the molecule is Cc1cc(C)cc(-n2ccnc2SCC(=O)NC(C)c2ccccc2)c1. The fourth-order valence-electron chi connectivity index (χ4n) is 2.92. The molecule has 0 bridgehead atoms. The highest BCUT2D eigenvalue weighted by atomic mass is 32.2. The fraction of sp³-hybridized carbons (Fsp3) is 0.238. The molecule has 134 valence electrons. The Balaban J connectivity index is 1.64. The molecule has 1 heterocycles. The van der Waals surface area contributed by atoms with Crippen LogP contribution < -0.4 is 5.32 Å². The van der Waals surface area contributed by atoms with Gasteiger partial charge in [0, 0.05) is 18.1 Å². The van der Waals surface area contributed by atoms with Gasteiger partial charge in [0.25, 0.3) is 0 Å². The number of hydrogen-bond donors (Lipinski definition) is 1. The lowest BCUT2D eigenvalue weighted by Crippen LogP contribution is -2.28. The molecule has 3 rings (SSSR count). The molecule has 4 nitrogen and oxygen atoms in total. The van der Waals surface area contributed by atoms with Crippen LogP contribution in [0, 0.1) is 13.8 Å². The fourth-order valence-corrected chi connectivity index (χ4v) is 3.71. The third-order valence-corrected chi connectivity index (χ3v) is 5.07. The van der Waals surface area contributed by atoms with E-state index in [2.05, 4.69) is 42.3 Å². The molecule has 26 heavy (non-hydrogen) atoms. The number of aryl methyl sites for hydroxylation is 2. The Kier molecular flexibility index (Phi) is 5.78. The topological polar surface area (TPSA) is 46.9 Å². The van der Waals surface area contributed by atoms with Gasteiger partial charge in [-0.25, -0.2) is 4.98 Å². The molecule has 5 heteroatoms. The van der Waals surface area contributed by atoms with Gasteiger partial charge in [0.1, 0.15) is 0 Å². The predicted molar refractivity (Wildman–Crippen MR) is 107 cm³/mol. The lowest BCUT2D eigenvalue weighted by Gasteiger charge is -2.14. The number of amides is 1. The highest BCUT2D eigenvalue weighted by Crippen LogP contribution is 2.22. The van der Waals surface area contributed by atoms with Crippen LogP contribution in [0.5, 0.6) is 0 Å². The molecule has 1 unspecified atom stereocenters. The third kappa shape index (κ3) is 4.55. The van der Waals surface area contributed by atoms with E-state index in [1.54, 1.807) is 6.20 Å². The van der Waals surface area contributed by atoms with Crippen LogP contribution >= 0.6 is 11.8 Å². The Morgan fingerprint density at radius 3 is 2.54 bits per heavy atom. The van der Waals surface area contributed by atoms with E-state index in [1.807, 2.05) is 48.0 Å². The van der Waals surface area contributed by atoms with Crippen molar-refractivity contribution in [1.82, 2.24) is 14.9 Å². The minimum atomic E-state index is -0.0107. The maximum Gasteiger partial charge on any atom is 0.230 e. The second-order valence-corrected chi connectivity index (χ2v) is 7.36. The highest BCUT2D eigenvalue weighted by molar-refractivity contribution is 7.99. The number of benzene rings is 2. The number of thioether (sulfide) groups is 1. The zero-order chi connectivity index (χ0) is 18.5. The Bertz CT molecular complexity index is 869. The van der Waals surface area contributed by atoms with Crippen LogP contribution in [0.4, 0.5) is 0 Å². The van der Waals surface area contributed by atoms with Crippen LogP contribution in [0.1, 0.15) is 29.7 Å². The summed E-state index contributed by atoms with van der Waals surface area (Å²) in [5.41, 5.74) is 4.58. The van der Waals surface area contributed by atoms with Gasteiger partial charge in [-0.05, 0) is 49.6 Å². The van der Waals surface area contributed by atoms with Crippen LogP contribution in [0.3, 0.4) is 0 Å². The maximum absolute atomic E-state index is 12.3. The van der Waals surface area contributed by atoms with E-state index in [9.17, 15) is 4.79 Å². The zero-order valence-electron chi connectivity index (χ0n) is 15.3. The second kappa shape index (κ2) is 8.23. The number of rotatable bonds is 6. The van der Waals surface area contributed by atoms with E-state index >= 15 is 0 Å². The van der Waals surface area contributed by atoms with Gasteiger partial charge in [-0.2, -0.15) is 0 Å². The van der Waals surface area contributed by atoms with Crippen LogP contribution in [0.25, 0.3) is 5.69 Å². The first-order valence-electron chi connectivity index (χ1n) is 8.62. The van der Waals surface area contributed by atoms with Crippen molar-refractivity contribution in [2.75, 3.05) is 5.75 Å². The number of carbonyl (C=O) groups is 1. The summed E-state index contributed by atoms with van der Waals surface area (Å²) in [7, 11) is 0. The first-order valence-corrected chi connectivity index (χ1v) is 9.60. The van der Waals surface area contributed by atoms with Crippen molar-refractivity contribution in [3.63, 3.8) is 0 Å². The molecular weight excluding hydrogens is 342 g/mol. The van der Waals surface area contributed by atoms with Crippen molar-refractivity contribution in [3.05, 3.63) is 77.6 Å². The van der Waals surface area contributed by atoms with Crippen LogP contribution in [0.2, 0.25) is 0 Å². The summed E-state index contributed by atoms with van der Waals surface area (Å²) >= 11 is 1.45. The summed E-state index contributed by atoms with van der Waals surface area (Å²) in [5, 5.41) is 3.86.